The number of aryl methyl sites for hydroxylation is 1. The van der Waals surface area contributed by atoms with E-state index in [0.717, 1.165) is 12.2 Å². The molecule has 0 radical (unpaired) electrons. The highest BCUT2D eigenvalue weighted by molar-refractivity contribution is 7.99. The Balaban J connectivity index is 1.49. The van der Waals surface area contributed by atoms with Gasteiger partial charge in [0, 0.05) is 12.2 Å². The molecule has 2 amide bonds. The minimum Gasteiger partial charge on any atom is -0.497 e. The first-order chi connectivity index (χ1) is 16.9. The second-order valence-electron chi connectivity index (χ2n) is 7.68. The first-order valence-corrected chi connectivity index (χ1v) is 12.4. The second kappa shape index (κ2) is 12.8. The van der Waals surface area contributed by atoms with Gasteiger partial charge in [0.15, 0.2) is 17.1 Å². The Morgan fingerprint density at radius 3 is 2.34 bits per heavy atom. The van der Waals surface area contributed by atoms with Crippen molar-refractivity contribution in [1.82, 2.24) is 20.1 Å². The summed E-state index contributed by atoms with van der Waals surface area (Å²) in [5.41, 5.74) is 1.90. The zero-order valence-electron chi connectivity index (χ0n) is 20.4. The van der Waals surface area contributed by atoms with Gasteiger partial charge in [-0.05, 0) is 62.2 Å². The van der Waals surface area contributed by atoms with Crippen LogP contribution in [0.3, 0.4) is 0 Å². The van der Waals surface area contributed by atoms with E-state index in [4.69, 9.17) is 9.47 Å². The van der Waals surface area contributed by atoms with Gasteiger partial charge in [-0.3, -0.25) is 9.59 Å². The Kier molecular flexibility index (Phi) is 9.54. The number of aromatic nitrogens is 3. The van der Waals surface area contributed by atoms with Crippen LogP contribution in [0, 0.1) is 0 Å². The molecule has 10 heteroatoms. The lowest BCUT2D eigenvalue weighted by atomic mass is 10.2. The van der Waals surface area contributed by atoms with Gasteiger partial charge in [0.2, 0.25) is 5.91 Å². The Hall–Kier alpha value is -3.53. The van der Waals surface area contributed by atoms with Gasteiger partial charge in [-0.2, -0.15) is 0 Å². The largest absolute Gasteiger partial charge is 0.497 e. The van der Waals surface area contributed by atoms with E-state index in [2.05, 4.69) is 27.8 Å². The molecule has 1 heterocycles. The predicted molar refractivity (Wildman–Crippen MR) is 136 cm³/mol. The Morgan fingerprint density at radius 1 is 1.03 bits per heavy atom. The molecule has 0 unspecified atom stereocenters. The van der Waals surface area contributed by atoms with Gasteiger partial charge in [0.25, 0.3) is 5.91 Å². The quantitative estimate of drug-likeness (QED) is 0.368. The van der Waals surface area contributed by atoms with Gasteiger partial charge in [0.05, 0.1) is 19.4 Å². The van der Waals surface area contributed by atoms with E-state index in [0.29, 0.717) is 29.0 Å². The number of nitrogens with one attached hydrogen (secondary N) is 2. The van der Waals surface area contributed by atoms with E-state index in [1.807, 2.05) is 35.8 Å². The molecular formula is C25H31N5O4S. The minimum atomic E-state index is -0.657. The van der Waals surface area contributed by atoms with E-state index in [1.54, 1.807) is 38.3 Å². The number of carbonyl (C=O) groups is 2. The predicted octanol–water partition coefficient (Wildman–Crippen LogP) is 3.68. The average molecular weight is 498 g/mol. The number of hydrogen-bond acceptors (Lipinski definition) is 7. The molecule has 2 N–H and O–H groups in total. The molecule has 0 spiro atoms. The molecule has 2 aromatic carbocycles. The first kappa shape index (κ1) is 26.1. The third kappa shape index (κ3) is 7.48. The van der Waals surface area contributed by atoms with Crippen LogP contribution in [0.1, 0.15) is 32.2 Å². The van der Waals surface area contributed by atoms with E-state index in [-0.39, 0.29) is 24.1 Å². The smallest absolute Gasteiger partial charge is 0.261 e. The molecule has 9 nitrogen and oxygen atoms in total. The molecule has 0 saturated carbocycles. The van der Waals surface area contributed by atoms with Crippen molar-refractivity contribution in [1.29, 1.82) is 0 Å². The summed E-state index contributed by atoms with van der Waals surface area (Å²) in [6.07, 6.45) is 0.290. The van der Waals surface area contributed by atoms with Crippen molar-refractivity contribution in [3.63, 3.8) is 0 Å². The Bertz CT molecular complexity index is 1120. The lowest BCUT2D eigenvalue weighted by molar-refractivity contribution is -0.127. The molecule has 0 bridgehead atoms. The lowest BCUT2D eigenvalue weighted by Gasteiger charge is -2.15. The molecule has 0 aliphatic carbocycles. The molecular weight excluding hydrogens is 466 g/mol. The summed E-state index contributed by atoms with van der Waals surface area (Å²) in [7, 11) is 1.59. The normalized spacial score (nSPS) is 11.5. The highest BCUT2D eigenvalue weighted by atomic mass is 32.2. The summed E-state index contributed by atoms with van der Waals surface area (Å²) >= 11 is 1.29. The van der Waals surface area contributed by atoms with Crippen molar-refractivity contribution >= 4 is 29.3 Å². The monoisotopic (exact) mass is 497 g/mol. The summed E-state index contributed by atoms with van der Waals surface area (Å²) in [5.74, 6) is 1.76. The number of thioether (sulfide) groups is 1. The summed E-state index contributed by atoms with van der Waals surface area (Å²) < 4.78 is 12.7. The summed E-state index contributed by atoms with van der Waals surface area (Å²) in [5, 5.41) is 14.7. The van der Waals surface area contributed by atoms with Crippen LogP contribution in [0.15, 0.2) is 53.7 Å². The summed E-state index contributed by atoms with van der Waals surface area (Å²) in [4.78, 5) is 24.9. The van der Waals surface area contributed by atoms with Gasteiger partial charge in [0.1, 0.15) is 11.5 Å². The third-order valence-corrected chi connectivity index (χ3v) is 6.22. The van der Waals surface area contributed by atoms with Gasteiger partial charge in [-0.25, -0.2) is 0 Å². The van der Waals surface area contributed by atoms with Crippen molar-refractivity contribution in [2.75, 3.05) is 18.2 Å². The molecule has 35 heavy (non-hydrogen) atoms. The highest BCUT2D eigenvalue weighted by Gasteiger charge is 2.18. The van der Waals surface area contributed by atoms with Gasteiger partial charge >= 0.3 is 0 Å². The van der Waals surface area contributed by atoms with Crippen LogP contribution in [0.4, 0.5) is 5.69 Å². The van der Waals surface area contributed by atoms with E-state index < -0.39 is 6.10 Å². The fraction of sp³-hybridized carbons (Fsp3) is 0.360. The van der Waals surface area contributed by atoms with Gasteiger partial charge < -0.3 is 24.7 Å². The SMILES string of the molecule is CCc1ccc(O[C@@H](C)C(=O)NCc2nnc(SCC(=O)Nc3ccc(OC)cc3)n2CC)cc1. The molecule has 186 valence electrons. The van der Waals surface area contributed by atoms with Crippen molar-refractivity contribution in [2.24, 2.45) is 0 Å². The van der Waals surface area contributed by atoms with Crippen LogP contribution >= 0.6 is 11.8 Å². The van der Waals surface area contributed by atoms with E-state index in [9.17, 15) is 9.59 Å². The molecule has 3 aromatic rings. The number of rotatable bonds is 12. The second-order valence-corrected chi connectivity index (χ2v) is 8.63. The highest BCUT2D eigenvalue weighted by Crippen LogP contribution is 2.19. The molecule has 0 aliphatic rings. The maximum atomic E-state index is 12.5. The van der Waals surface area contributed by atoms with Crippen LogP contribution in [-0.4, -0.2) is 45.5 Å². The van der Waals surface area contributed by atoms with Crippen LogP contribution in [0.2, 0.25) is 0 Å². The average Bonchev–Trinajstić information content (AvgIpc) is 3.28. The minimum absolute atomic E-state index is 0.154. The molecule has 0 aliphatic heterocycles. The Morgan fingerprint density at radius 2 is 1.71 bits per heavy atom. The van der Waals surface area contributed by atoms with Crippen molar-refractivity contribution in [2.45, 2.75) is 51.5 Å². The standard InChI is InChI=1S/C25H31N5O4S/c1-5-18-7-11-21(12-8-18)34-17(3)24(32)26-15-22-28-29-25(30(22)6-2)35-16-23(31)27-19-9-13-20(33-4)14-10-19/h7-14,17H,5-6,15-16H2,1-4H3,(H,26,32)(H,27,31)/t17-/m0/s1. The summed E-state index contributed by atoms with van der Waals surface area (Å²) in [6.45, 7) is 6.57. The number of amides is 2. The van der Waals surface area contributed by atoms with Crippen LogP contribution in [-0.2, 0) is 29.1 Å². The molecule has 3 rings (SSSR count). The number of hydrogen-bond donors (Lipinski definition) is 2. The number of anilines is 1. The maximum Gasteiger partial charge on any atom is 0.261 e. The molecule has 1 aromatic heterocycles. The molecule has 0 fully saturated rings. The number of ether oxygens (including phenoxy) is 2. The topological polar surface area (TPSA) is 107 Å². The van der Waals surface area contributed by atoms with Crippen LogP contribution in [0.25, 0.3) is 0 Å². The third-order valence-electron chi connectivity index (χ3n) is 5.25. The Labute approximate surface area is 209 Å². The first-order valence-electron chi connectivity index (χ1n) is 11.5. The van der Waals surface area contributed by atoms with Crippen LogP contribution < -0.4 is 20.1 Å². The molecule has 0 saturated heterocycles. The lowest BCUT2D eigenvalue weighted by Crippen LogP contribution is -2.36. The number of carbonyl (C=O) groups excluding carboxylic acids is 2. The zero-order chi connectivity index (χ0) is 25.2. The molecule has 1 atom stereocenters. The van der Waals surface area contributed by atoms with Crippen molar-refractivity contribution < 1.29 is 19.1 Å². The van der Waals surface area contributed by atoms with Gasteiger partial charge in [-0.1, -0.05) is 30.8 Å². The number of nitrogens with zero attached hydrogens (tertiary/aromatic N) is 3. The van der Waals surface area contributed by atoms with Crippen LogP contribution in [0.5, 0.6) is 11.5 Å². The van der Waals surface area contributed by atoms with E-state index in [1.165, 1.54) is 17.3 Å². The van der Waals surface area contributed by atoms with Gasteiger partial charge in [-0.15, -0.1) is 10.2 Å². The number of methoxy groups -OCH3 is 1. The number of benzene rings is 2. The maximum absolute atomic E-state index is 12.5. The van der Waals surface area contributed by atoms with E-state index >= 15 is 0 Å². The van der Waals surface area contributed by atoms with Crippen molar-refractivity contribution in [3.05, 3.63) is 59.9 Å². The zero-order valence-corrected chi connectivity index (χ0v) is 21.2. The fourth-order valence-electron chi connectivity index (χ4n) is 3.25. The van der Waals surface area contributed by atoms with Crippen molar-refractivity contribution in [3.8, 4) is 11.5 Å². The summed E-state index contributed by atoms with van der Waals surface area (Å²) in [6, 6.07) is 14.8. The fourth-order valence-corrected chi connectivity index (χ4v) is 4.07.